The topological polar surface area (TPSA) is 81.7 Å². The summed E-state index contributed by atoms with van der Waals surface area (Å²) in [7, 11) is 3.86. The van der Waals surface area contributed by atoms with Crippen LogP contribution in [0.3, 0.4) is 0 Å². The zero-order valence-electron chi connectivity index (χ0n) is 12.7. The summed E-state index contributed by atoms with van der Waals surface area (Å²) in [6, 6.07) is 7.36. The molecule has 116 valence electrons. The van der Waals surface area contributed by atoms with Crippen LogP contribution in [-0.2, 0) is 9.59 Å². The van der Waals surface area contributed by atoms with Gasteiger partial charge in [0.1, 0.15) is 0 Å². The summed E-state index contributed by atoms with van der Waals surface area (Å²) >= 11 is 0. The van der Waals surface area contributed by atoms with E-state index in [9.17, 15) is 14.7 Å². The first-order valence-corrected chi connectivity index (χ1v) is 6.97. The van der Waals surface area contributed by atoms with Gasteiger partial charge in [-0.15, -0.1) is 0 Å². The van der Waals surface area contributed by atoms with E-state index in [1.54, 1.807) is 12.1 Å². The van der Waals surface area contributed by atoms with Crippen LogP contribution < -0.4 is 15.5 Å². The fourth-order valence-electron chi connectivity index (χ4n) is 1.70. The van der Waals surface area contributed by atoms with Gasteiger partial charge in [0.15, 0.2) is 0 Å². The fraction of sp³-hybridized carbons (Fsp3) is 0.467. The van der Waals surface area contributed by atoms with Gasteiger partial charge >= 0.3 is 11.8 Å². The Hall–Kier alpha value is -2.08. The summed E-state index contributed by atoms with van der Waals surface area (Å²) in [5, 5.41) is 14.9. The van der Waals surface area contributed by atoms with E-state index in [4.69, 9.17) is 0 Å². The predicted octanol–water partition coefficient (Wildman–Crippen LogP) is 0.428. The highest BCUT2D eigenvalue weighted by Gasteiger charge is 2.15. The van der Waals surface area contributed by atoms with Crippen molar-refractivity contribution >= 4 is 17.5 Å². The van der Waals surface area contributed by atoms with Gasteiger partial charge in [-0.1, -0.05) is 19.1 Å². The second kappa shape index (κ2) is 8.26. The standard InChI is InChI=1S/C15H23N3O3/c1-4-9-16-14(20)15(21)17-10-13(19)11-5-7-12(8-6-11)18(2)3/h5-8,13,19H,4,9-10H2,1-3H3,(H,16,20)(H,17,21). The normalized spacial score (nSPS) is 11.6. The first-order chi connectivity index (χ1) is 9.95. The fourth-order valence-corrected chi connectivity index (χ4v) is 1.70. The first kappa shape index (κ1) is 17.0. The number of nitrogens with one attached hydrogen (secondary N) is 2. The molecule has 0 saturated carbocycles. The van der Waals surface area contributed by atoms with E-state index in [-0.39, 0.29) is 6.54 Å². The Labute approximate surface area is 125 Å². The Morgan fingerprint density at radius 1 is 1.14 bits per heavy atom. The number of anilines is 1. The molecule has 0 aliphatic heterocycles. The monoisotopic (exact) mass is 293 g/mol. The van der Waals surface area contributed by atoms with Crippen molar-refractivity contribution in [2.75, 3.05) is 32.1 Å². The number of nitrogens with zero attached hydrogens (tertiary/aromatic N) is 1. The maximum absolute atomic E-state index is 11.5. The van der Waals surface area contributed by atoms with Crippen LogP contribution in [-0.4, -0.2) is 44.1 Å². The van der Waals surface area contributed by atoms with Crippen molar-refractivity contribution in [3.63, 3.8) is 0 Å². The third-order valence-electron chi connectivity index (χ3n) is 2.99. The van der Waals surface area contributed by atoms with Crippen LogP contribution in [0.5, 0.6) is 0 Å². The summed E-state index contributed by atoms with van der Waals surface area (Å²) in [5.41, 5.74) is 1.71. The van der Waals surface area contributed by atoms with Crippen molar-refractivity contribution in [1.29, 1.82) is 0 Å². The number of amides is 2. The minimum absolute atomic E-state index is 0.000308. The molecule has 0 bridgehead atoms. The Morgan fingerprint density at radius 2 is 1.71 bits per heavy atom. The highest BCUT2D eigenvalue weighted by atomic mass is 16.3. The summed E-state index contributed by atoms with van der Waals surface area (Å²) in [6.45, 7) is 2.36. The van der Waals surface area contributed by atoms with Gasteiger partial charge in [-0.25, -0.2) is 0 Å². The second-order valence-electron chi connectivity index (χ2n) is 4.97. The van der Waals surface area contributed by atoms with Crippen molar-refractivity contribution in [3.05, 3.63) is 29.8 Å². The number of aliphatic hydroxyl groups excluding tert-OH is 1. The van der Waals surface area contributed by atoms with E-state index in [1.807, 2.05) is 38.1 Å². The second-order valence-corrected chi connectivity index (χ2v) is 4.97. The number of aliphatic hydroxyl groups is 1. The number of hydrogen-bond acceptors (Lipinski definition) is 4. The van der Waals surface area contributed by atoms with Crippen LogP contribution in [0.25, 0.3) is 0 Å². The van der Waals surface area contributed by atoms with E-state index in [0.29, 0.717) is 12.1 Å². The highest BCUT2D eigenvalue weighted by Crippen LogP contribution is 2.17. The molecule has 0 heterocycles. The summed E-state index contributed by atoms with van der Waals surface area (Å²) in [5.74, 6) is -1.40. The molecule has 1 unspecified atom stereocenters. The zero-order valence-corrected chi connectivity index (χ0v) is 12.7. The minimum atomic E-state index is -0.843. The average molecular weight is 293 g/mol. The van der Waals surface area contributed by atoms with Crippen molar-refractivity contribution < 1.29 is 14.7 Å². The van der Waals surface area contributed by atoms with Gasteiger partial charge in [-0.2, -0.15) is 0 Å². The molecule has 21 heavy (non-hydrogen) atoms. The molecule has 0 radical (unpaired) electrons. The number of hydrogen-bond donors (Lipinski definition) is 3. The maximum Gasteiger partial charge on any atom is 0.309 e. The van der Waals surface area contributed by atoms with Crippen LogP contribution in [0.4, 0.5) is 5.69 Å². The van der Waals surface area contributed by atoms with Crippen LogP contribution in [0.15, 0.2) is 24.3 Å². The maximum atomic E-state index is 11.5. The lowest BCUT2D eigenvalue weighted by Gasteiger charge is -2.15. The third-order valence-corrected chi connectivity index (χ3v) is 2.99. The van der Waals surface area contributed by atoms with Crippen LogP contribution >= 0.6 is 0 Å². The van der Waals surface area contributed by atoms with Crippen molar-refractivity contribution in [1.82, 2.24) is 10.6 Å². The van der Waals surface area contributed by atoms with Crippen molar-refractivity contribution in [2.24, 2.45) is 0 Å². The highest BCUT2D eigenvalue weighted by molar-refractivity contribution is 6.35. The van der Waals surface area contributed by atoms with Gasteiger partial charge in [-0.3, -0.25) is 9.59 Å². The molecule has 6 nitrogen and oxygen atoms in total. The molecule has 0 fully saturated rings. The van der Waals surface area contributed by atoms with Gasteiger partial charge in [0, 0.05) is 32.9 Å². The van der Waals surface area contributed by atoms with E-state index >= 15 is 0 Å². The Balaban J connectivity index is 2.47. The minimum Gasteiger partial charge on any atom is -0.387 e. The Morgan fingerprint density at radius 3 is 2.24 bits per heavy atom. The number of benzene rings is 1. The molecular weight excluding hydrogens is 270 g/mol. The van der Waals surface area contributed by atoms with Crippen LogP contribution in [0.2, 0.25) is 0 Å². The quantitative estimate of drug-likeness (QED) is 0.664. The predicted molar refractivity (Wildman–Crippen MR) is 82.0 cm³/mol. The molecule has 0 spiro atoms. The molecule has 1 aromatic carbocycles. The number of carbonyl (C=O) groups excluding carboxylic acids is 2. The van der Waals surface area contributed by atoms with Gasteiger partial charge in [0.2, 0.25) is 0 Å². The molecule has 0 aliphatic rings. The zero-order chi connectivity index (χ0) is 15.8. The molecule has 1 aromatic rings. The van der Waals surface area contributed by atoms with Gasteiger partial charge < -0.3 is 20.6 Å². The van der Waals surface area contributed by atoms with E-state index in [2.05, 4.69) is 10.6 Å². The van der Waals surface area contributed by atoms with Gasteiger partial charge in [0.25, 0.3) is 0 Å². The molecule has 0 aromatic heterocycles. The van der Waals surface area contributed by atoms with Crippen molar-refractivity contribution in [2.45, 2.75) is 19.4 Å². The third kappa shape index (κ3) is 5.43. The van der Waals surface area contributed by atoms with Gasteiger partial charge in [0.05, 0.1) is 6.10 Å². The van der Waals surface area contributed by atoms with Gasteiger partial charge in [-0.05, 0) is 24.1 Å². The number of rotatable bonds is 6. The average Bonchev–Trinajstić information content (AvgIpc) is 2.49. The molecule has 0 saturated heterocycles. The van der Waals surface area contributed by atoms with E-state index in [0.717, 1.165) is 12.1 Å². The molecule has 0 aliphatic carbocycles. The summed E-state index contributed by atoms with van der Waals surface area (Å²) in [6.07, 6.45) is -0.0796. The van der Waals surface area contributed by atoms with Crippen LogP contribution in [0, 0.1) is 0 Å². The Kier molecular flexibility index (Phi) is 6.68. The lowest BCUT2D eigenvalue weighted by Crippen LogP contribution is -2.41. The molecular formula is C15H23N3O3. The van der Waals surface area contributed by atoms with Crippen LogP contribution in [0.1, 0.15) is 25.0 Å². The number of carbonyl (C=O) groups is 2. The van der Waals surface area contributed by atoms with Crippen molar-refractivity contribution in [3.8, 4) is 0 Å². The summed E-state index contributed by atoms with van der Waals surface area (Å²) in [4.78, 5) is 24.8. The lowest BCUT2D eigenvalue weighted by molar-refractivity contribution is -0.139. The molecule has 3 N–H and O–H groups in total. The SMILES string of the molecule is CCCNC(=O)C(=O)NCC(O)c1ccc(N(C)C)cc1. The van der Waals surface area contributed by atoms with E-state index < -0.39 is 17.9 Å². The smallest absolute Gasteiger partial charge is 0.309 e. The first-order valence-electron chi connectivity index (χ1n) is 6.97. The molecule has 1 rings (SSSR count). The van der Waals surface area contributed by atoms with E-state index in [1.165, 1.54) is 0 Å². The Bertz CT molecular complexity index is 472. The molecule has 6 heteroatoms. The molecule has 1 atom stereocenters. The largest absolute Gasteiger partial charge is 0.387 e. The lowest BCUT2D eigenvalue weighted by atomic mass is 10.1. The molecule has 2 amide bonds. The summed E-state index contributed by atoms with van der Waals surface area (Å²) < 4.78 is 0.